The number of rotatable bonds is 6. The van der Waals surface area contributed by atoms with E-state index >= 15 is 0 Å². The first-order valence-corrected chi connectivity index (χ1v) is 12.7. The van der Waals surface area contributed by atoms with E-state index in [0.717, 1.165) is 5.56 Å². The molecule has 176 valence electrons. The number of aryl methyl sites for hydroxylation is 3. The number of nitrogens with zero attached hydrogens (tertiary/aromatic N) is 3. The summed E-state index contributed by atoms with van der Waals surface area (Å²) in [6.07, 6.45) is 0.442. The standard InChI is InChI=1S/C27H29N3O3S/c1-6-24(29(5)34(32,33)25-19(3)16-18(2)17-20(25)4)26-28-23-15-11-10-14-22(23)27(31)30(26)21-12-8-7-9-13-21/h7-17,24H,6H2,1-5H3. The summed E-state index contributed by atoms with van der Waals surface area (Å²) in [7, 11) is -2.30. The molecule has 0 spiro atoms. The average Bonchev–Trinajstić information content (AvgIpc) is 2.79. The first kappa shape index (κ1) is 23.9. The van der Waals surface area contributed by atoms with Gasteiger partial charge in [-0.2, -0.15) is 4.31 Å². The quantitative estimate of drug-likeness (QED) is 0.390. The molecule has 0 saturated carbocycles. The van der Waals surface area contributed by atoms with Gasteiger partial charge in [0.2, 0.25) is 10.0 Å². The molecule has 7 heteroatoms. The molecule has 1 unspecified atom stereocenters. The fraction of sp³-hybridized carbons (Fsp3) is 0.259. The molecule has 1 aromatic heterocycles. The number of aromatic nitrogens is 2. The second-order valence-electron chi connectivity index (χ2n) is 8.64. The van der Waals surface area contributed by atoms with Gasteiger partial charge >= 0.3 is 0 Å². The highest BCUT2D eigenvalue weighted by molar-refractivity contribution is 7.89. The predicted molar refractivity (Wildman–Crippen MR) is 136 cm³/mol. The topological polar surface area (TPSA) is 72.3 Å². The lowest BCUT2D eigenvalue weighted by Crippen LogP contribution is -2.36. The van der Waals surface area contributed by atoms with E-state index in [2.05, 4.69) is 0 Å². The normalized spacial score (nSPS) is 12.9. The Morgan fingerprint density at radius 3 is 2.15 bits per heavy atom. The van der Waals surface area contributed by atoms with Gasteiger partial charge in [-0.25, -0.2) is 13.4 Å². The van der Waals surface area contributed by atoms with Gasteiger partial charge < -0.3 is 0 Å². The van der Waals surface area contributed by atoms with E-state index in [0.29, 0.717) is 44.9 Å². The molecule has 0 aliphatic rings. The molecule has 0 N–H and O–H groups in total. The van der Waals surface area contributed by atoms with Crippen LogP contribution in [-0.4, -0.2) is 29.3 Å². The van der Waals surface area contributed by atoms with Crippen LogP contribution < -0.4 is 5.56 Å². The molecular formula is C27H29N3O3S. The lowest BCUT2D eigenvalue weighted by molar-refractivity contribution is 0.347. The summed E-state index contributed by atoms with van der Waals surface area (Å²) < 4.78 is 30.6. The largest absolute Gasteiger partial charge is 0.268 e. The second-order valence-corrected chi connectivity index (χ2v) is 10.6. The van der Waals surface area contributed by atoms with E-state index in [1.165, 1.54) is 8.87 Å². The third-order valence-corrected chi connectivity index (χ3v) is 8.35. The number of hydrogen-bond acceptors (Lipinski definition) is 4. The molecule has 0 aliphatic heterocycles. The van der Waals surface area contributed by atoms with Gasteiger partial charge in [0.25, 0.3) is 5.56 Å². The van der Waals surface area contributed by atoms with Crippen molar-refractivity contribution in [3.8, 4) is 5.69 Å². The first-order valence-electron chi connectivity index (χ1n) is 11.3. The summed E-state index contributed by atoms with van der Waals surface area (Å²) in [5, 5.41) is 0.487. The molecule has 0 saturated heterocycles. The van der Waals surface area contributed by atoms with Crippen molar-refractivity contribution in [2.75, 3.05) is 7.05 Å². The van der Waals surface area contributed by atoms with Crippen molar-refractivity contribution < 1.29 is 8.42 Å². The Morgan fingerprint density at radius 1 is 0.941 bits per heavy atom. The first-order chi connectivity index (χ1) is 16.2. The lowest BCUT2D eigenvalue weighted by atomic mass is 10.1. The van der Waals surface area contributed by atoms with Crippen LogP contribution in [0.5, 0.6) is 0 Å². The van der Waals surface area contributed by atoms with E-state index in [9.17, 15) is 13.2 Å². The van der Waals surface area contributed by atoms with E-state index in [1.807, 2.05) is 76.2 Å². The maximum absolute atomic E-state index is 13.9. The van der Waals surface area contributed by atoms with E-state index in [4.69, 9.17) is 4.98 Å². The molecule has 4 aromatic rings. The Bertz CT molecular complexity index is 1500. The Labute approximate surface area is 200 Å². The average molecular weight is 476 g/mol. The van der Waals surface area contributed by atoms with E-state index in [1.54, 1.807) is 25.2 Å². The second kappa shape index (κ2) is 9.16. The molecule has 0 bridgehead atoms. The molecule has 0 fully saturated rings. The van der Waals surface area contributed by atoms with Crippen LogP contribution in [-0.2, 0) is 10.0 Å². The smallest absolute Gasteiger partial charge is 0.266 e. The summed E-state index contributed by atoms with van der Waals surface area (Å²) in [4.78, 5) is 18.7. The predicted octanol–water partition coefficient (Wildman–Crippen LogP) is 5.08. The maximum atomic E-state index is 13.9. The minimum atomic E-state index is -3.86. The van der Waals surface area contributed by atoms with Crippen LogP contribution in [0.25, 0.3) is 16.6 Å². The van der Waals surface area contributed by atoms with Crippen LogP contribution in [0.4, 0.5) is 0 Å². The number of benzene rings is 3. The zero-order valence-electron chi connectivity index (χ0n) is 20.1. The molecule has 0 amide bonds. The van der Waals surface area contributed by atoms with Gasteiger partial charge in [0.05, 0.1) is 27.5 Å². The van der Waals surface area contributed by atoms with E-state index in [-0.39, 0.29) is 5.56 Å². The van der Waals surface area contributed by atoms with Crippen molar-refractivity contribution in [2.24, 2.45) is 0 Å². The summed E-state index contributed by atoms with van der Waals surface area (Å²) >= 11 is 0. The van der Waals surface area contributed by atoms with Crippen LogP contribution >= 0.6 is 0 Å². The fourth-order valence-corrected chi connectivity index (χ4v) is 6.49. The molecule has 34 heavy (non-hydrogen) atoms. The maximum Gasteiger partial charge on any atom is 0.266 e. The number of para-hydroxylation sites is 2. The number of sulfonamides is 1. The van der Waals surface area contributed by atoms with Gasteiger partial charge in [-0.15, -0.1) is 0 Å². The molecule has 1 atom stereocenters. The van der Waals surface area contributed by atoms with Gasteiger partial charge in [-0.05, 0) is 62.6 Å². The third kappa shape index (κ3) is 4.06. The minimum absolute atomic E-state index is 0.223. The fourth-order valence-electron chi connectivity index (χ4n) is 4.69. The molecule has 1 heterocycles. The highest BCUT2D eigenvalue weighted by Crippen LogP contribution is 2.32. The number of fused-ring (bicyclic) bond motifs is 1. The van der Waals surface area contributed by atoms with Crippen molar-refractivity contribution in [2.45, 2.75) is 45.1 Å². The van der Waals surface area contributed by atoms with Crippen molar-refractivity contribution in [3.63, 3.8) is 0 Å². The van der Waals surface area contributed by atoms with Crippen LogP contribution in [0, 0.1) is 20.8 Å². The van der Waals surface area contributed by atoms with Gasteiger partial charge in [0.1, 0.15) is 5.82 Å². The lowest BCUT2D eigenvalue weighted by Gasteiger charge is -2.29. The molecule has 0 aliphatic carbocycles. The van der Waals surface area contributed by atoms with Crippen molar-refractivity contribution in [1.82, 2.24) is 13.9 Å². The zero-order chi connectivity index (χ0) is 24.6. The van der Waals surface area contributed by atoms with Crippen LogP contribution in [0.3, 0.4) is 0 Å². The highest BCUT2D eigenvalue weighted by atomic mass is 32.2. The Balaban J connectivity index is 1.97. The monoisotopic (exact) mass is 475 g/mol. The molecule has 0 radical (unpaired) electrons. The summed E-state index contributed by atoms with van der Waals surface area (Å²) in [5.41, 5.74) is 3.38. The number of hydrogen-bond donors (Lipinski definition) is 0. The van der Waals surface area contributed by atoms with Gasteiger partial charge in [-0.3, -0.25) is 9.36 Å². The summed E-state index contributed by atoms with van der Waals surface area (Å²) in [6.45, 7) is 7.49. The van der Waals surface area contributed by atoms with Crippen molar-refractivity contribution >= 4 is 20.9 Å². The van der Waals surface area contributed by atoms with Crippen LogP contribution in [0.2, 0.25) is 0 Å². The minimum Gasteiger partial charge on any atom is -0.268 e. The SMILES string of the molecule is CCC(c1nc2ccccc2c(=O)n1-c1ccccc1)N(C)S(=O)(=O)c1c(C)cc(C)cc1C. The molecule has 3 aromatic carbocycles. The van der Waals surface area contributed by atoms with Crippen LogP contribution in [0.15, 0.2) is 76.4 Å². The van der Waals surface area contributed by atoms with Crippen LogP contribution in [0.1, 0.15) is 41.9 Å². The third-order valence-electron chi connectivity index (χ3n) is 6.18. The van der Waals surface area contributed by atoms with Gasteiger partial charge in [0.15, 0.2) is 0 Å². The molecule has 6 nitrogen and oxygen atoms in total. The Morgan fingerprint density at radius 2 is 1.53 bits per heavy atom. The van der Waals surface area contributed by atoms with Crippen molar-refractivity contribution in [1.29, 1.82) is 0 Å². The van der Waals surface area contributed by atoms with Crippen molar-refractivity contribution in [3.05, 3.63) is 99.6 Å². The molecular weight excluding hydrogens is 446 g/mol. The Kier molecular flexibility index (Phi) is 6.43. The summed E-state index contributed by atoms with van der Waals surface area (Å²) in [5.74, 6) is 0.394. The van der Waals surface area contributed by atoms with E-state index < -0.39 is 16.1 Å². The Hall–Kier alpha value is -3.29. The van der Waals surface area contributed by atoms with Gasteiger partial charge in [0, 0.05) is 7.05 Å². The molecule has 4 rings (SSSR count). The zero-order valence-corrected chi connectivity index (χ0v) is 20.9. The highest BCUT2D eigenvalue weighted by Gasteiger charge is 2.33. The summed E-state index contributed by atoms with van der Waals surface area (Å²) in [6, 6.07) is 19.5. The van der Waals surface area contributed by atoms with Gasteiger partial charge in [-0.1, -0.05) is 55.0 Å².